The van der Waals surface area contributed by atoms with Gasteiger partial charge in [0.15, 0.2) is 0 Å². The Morgan fingerprint density at radius 2 is 1.68 bits per heavy atom. The van der Waals surface area contributed by atoms with Gasteiger partial charge in [0.05, 0.1) is 18.5 Å². The van der Waals surface area contributed by atoms with Crippen molar-refractivity contribution >= 4 is 22.6 Å². The topological polar surface area (TPSA) is 52.0 Å². The van der Waals surface area contributed by atoms with Crippen molar-refractivity contribution in [3.05, 3.63) is 93.4 Å². The molecule has 5 nitrogen and oxygen atoms in total. The molecule has 0 atom stereocenters. The minimum atomic E-state index is 0.719. The molecule has 6 heteroatoms. The molecule has 0 aliphatic rings. The molecule has 0 radical (unpaired) electrons. The number of nitrogens with zero attached hydrogens (tertiary/aromatic N) is 3. The van der Waals surface area contributed by atoms with Crippen LogP contribution in [-0.4, -0.2) is 21.9 Å². The highest BCUT2D eigenvalue weighted by atomic mass is 127. The number of hydrogen-bond acceptors (Lipinski definition) is 4. The average molecular weight is 524 g/mol. The van der Waals surface area contributed by atoms with Crippen LogP contribution in [0.5, 0.6) is 5.75 Å². The van der Waals surface area contributed by atoms with Crippen molar-refractivity contribution in [3.8, 4) is 22.7 Å². The van der Waals surface area contributed by atoms with Crippen molar-refractivity contribution in [2.45, 2.75) is 26.4 Å². The Morgan fingerprint density at radius 3 is 2.39 bits per heavy atom. The van der Waals surface area contributed by atoms with Crippen molar-refractivity contribution < 1.29 is 4.74 Å². The second-order valence-electron chi connectivity index (χ2n) is 7.25. The zero-order valence-electron chi connectivity index (χ0n) is 17.7. The van der Waals surface area contributed by atoms with Gasteiger partial charge in [0.2, 0.25) is 0 Å². The average Bonchev–Trinajstić information content (AvgIpc) is 3.24. The molecule has 0 fully saturated rings. The maximum Gasteiger partial charge on any atom is 0.119 e. The van der Waals surface area contributed by atoms with Gasteiger partial charge in [0, 0.05) is 46.4 Å². The van der Waals surface area contributed by atoms with Crippen LogP contribution in [-0.2, 0) is 19.5 Å². The molecule has 0 saturated carbocycles. The molecule has 1 N–H and O–H groups in total. The summed E-state index contributed by atoms with van der Waals surface area (Å²) in [5.41, 5.74) is 6.82. The first-order valence-electron chi connectivity index (χ1n) is 10.3. The Bertz CT molecular complexity index is 1140. The normalized spacial score (nSPS) is 10.9. The molecular formula is C25H25IN4O. The molecule has 2 aromatic heterocycles. The fraction of sp³-hybridized carbons (Fsp3) is 0.200. The van der Waals surface area contributed by atoms with E-state index in [9.17, 15) is 0 Å². The third-order valence-corrected chi connectivity index (χ3v) is 5.98. The molecule has 2 heterocycles. The van der Waals surface area contributed by atoms with E-state index in [0.717, 1.165) is 47.8 Å². The number of aromatic nitrogens is 3. The van der Waals surface area contributed by atoms with Crippen LogP contribution < -0.4 is 10.1 Å². The summed E-state index contributed by atoms with van der Waals surface area (Å²) >= 11 is 2.32. The van der Waals surface area contributed by atoms with Gasteiger partial charge in [-0.2, -0.15) is 5.10 Å². The quantitative estimate of drug-likeness (QED) is 0.314. The third kappa shape index (κ3) is 5.14. The molecule has 0 saturated heterocycles. The minimum absolute atomic E-state index is 0.719. The Hall–Kier alpha value is -2.71. The lowest BCUT2D eigenvalue weighted by molar-refractivity contribution is 0.414. The van der Waals surface area contributed by atoms with Crippen molar-refractivity contribution in [2.75, 3.05) is 7.11 Å². The van der Waals surface area contributed by atoms with Crippen molar-refractivity contribution in [1.29, 1.82) is 0 Å². The Morgan fingerprint density at radius 1 is 0.935 bits per heavy atom. The monoisotopic (exact) mass is 524 g/mol. The summed E-state index contributed by atoms with van der Waals surface area (Å²) in [6, 6.07) is 18.7. The fourth-order valence-corrected chi connectivity index (χ4v) is 3.94. The van der Waals surface area contributed by atoms with Gasteiger partial charge in [0.1, 0.15) is 5.75 Å². The Labute approximate surface area is 196 Å². The molecule has 0 bridgehead atoms. The molecule has 0 aliphatic carbocycles. The van der Waals surface area contributed by atoms with Gasteiger partial charge in [-0.15, -0.1) is 0 Å². The molecule has 0 aliphatic heterocycles. The van der Waals surface area contributed by atoms with E-state index in [1.807, 2.05) is 22.9 Å². The first kappa shape index (κ1) is 21.5. The summed E-state index contributed by atoms with van der Waals surface area (Å²) in [4.78, 5) is 4.15. The highest BCUT2D eigenvalue weighted by molar-refractivity contribution is 14.1. The second-order valence-corrected chi connectivity index (χ2v) is 8.50. The number of methoxy groups -OCH3 is 1. The Kier molecular flexibility index (Phi) is 6.99. The van der Waals surface area contributed by atoms with E-state index in [4.69, 9.17) is 9.84 Å². The molecule has 0 unspecified atom stereocenters. The van der Waals surface area contributed by atoms with Crippen LogP contribution in [0.15, 0.2) is 73.2 Å². The molecule has 4 rings (SSSR count). The van der Waals surface area contributed by atoms with Crippen LogP contribution in [0.25, 0.3) is 16.9 Å². The second kappa shape index (κ2) is 10.1. The number of pyridine rings is 1. The summed E-state index contributed by atoms with van der Waals surface area (Å²) in [5.74, 6) is 0.902. The predicted molar refractivity (Wildman–Crippen MR) is 132 cm³/mol. The molecule has 158 valence electrons. The maximum atomic E-state index is 5.37. The first-order chi connectivity index (χ1) is 15.2. The highest BCUT2D eigenvalue weighted by Gasteiger charge is 2.13. The van der Waals surface area contributed by atoms with Crippen LogP contribution in [0.4, 0.5) is 0 Å². The number of nitrogens with one attached hydrogen (secondary N) is 1. The van der Waals surface area contributed by atoms with E-state index in [-0.39, 0.29) is 0 Å². The van der Waals surface area contributed by atoms with Gasteiger partial charge >= 0.3 is 0 Å². The van der Waals surface area contributed by atoms with E-state index in [1.54, 1.807) is 19.5 Å². The van der Waals surface area contributed by atoms with E-state index < -0.39 is 0 Å². The van der Waals surface area contributed by atoms with Crippen molar-refractivity contribution in [1.82, 2.24) is 20.1 Å². The maximum absolute atomic E-state index is 5.37. The lowest BCUT2D eigenvalue weighted by atomic mass is 10.0. The van der Waals surface area contributed by atoms with Crippen LogP contribution in [0, 0.1) is 3.57 Å². The summed E-state index contributed by atoms with van der Waals surface area (Å²) in [7, 11) is 1.71. The van der Waals surface area contributed by atoms with Crippen LogP contribution >= 0.6 is 22.6 Å². The summed E-state index contributed by atoms with van der Waals surface area (Å²) in [5, 5.41) is 8.50. The standard InChI is InChI=1S/C25H25IN4O/c1-3-18-14-24(31-2)9-4-20(18)15-28-16-21-17-30(23-7-5-22(26)6-8-23)29-25(21)19-10-12-27-13-11-19/h4-14,17,28H,3,15-16H2,1-2H3. The van der Waals surface area contributed by atoms with Gasteiger partial charge in [0.25, 0.3) is 0 Å². The molecule has 0 spiro atoms. The Balaban J connectivity index is 1.58. The molecule has 31 heavy (non-hydrogen) atoms. The van der Waals surface area contributed by atoms with Crippen molar-refractivity contribution in [3.63, 3.8) is 0 Å². The van der Waals surface area contributed by atoms with Gasteiger partial charge in [-0.25, -0.2) is 4.68 Å². The predicted octanol–water partition coefficient (Wildman–Crippen LogP) is 5.40. The molecule has 2 aromatic carbocycles. The zero-order valence-corrected chi connectivity index (χ0v) is 19.8. The van der Waals surface area contributed by atoms with Crippen molar-refractivity contribution in [2.24, 2.45) is 0 Å². The van der Waals surface area contributed by atoms with Crippen LogP contribution in [0.3, 0.4) is 0 Å². The summed E-state index contributed by atoms with van der Waals surface area (Å²) in [6.07, 6.45) is 6.70. The van der Waals surface area contributed by atoms with Gasteiger partial charge in [-0.3, -0.25) is 4.98 Å². The fourth-order valence-electron chi connectivity index (χ4n) is 3.58. The van der Waals surface area contributed by atoms with E-state index in [2.05, 4.69) is 82.4 Å². The zero-order chi connectivity index (χ0) is 21.6. The van der Waals surface area contributed by atoms with Gasteiger partial charge < -0.3 is 10.1 Å². The minimum Gasteiger partial charge on any atom is -0.497 e. The first-order valence-corrected chi connectivity index (χ1v) is 11.4. The summed E-state index contributed by atoms with van der Waals surface area (Å²) < 4.78 is 8.52. The van der Waals surface area contributed by atoms with E-state index in [0.29, 0.717) is 0 Å². The third-order valence-electron chi connectivity index (χ3n) is 5.26. The largest absolute Gasteiger partial charge is 0.497 e. The highest BCUT2D eigenvalue weighted by Crippen LogP contribution is 2.24. The number of hydrogen-bond donors (Lipinski definition) is 1. The molecule has 4 aromatic rings. The lowest BCUT2D eigenvalue weighted by Gasteiger charge is -2.11. The molecular weight excluding hydrogens is 499 g/mol. The SMILES string of the molecule is CCc1cc(OC)ccc1CNCc1cn(-c2ccc(I)cc2)nc1-c1ccncc1. The van der Waals surface area contributed by atoms with Crippen LogP contribution in [0.2, 0.25) is 0 Å². The lowest BCUT2D eigenvalue weighted by Crippen LogP contribution is -2.14. The number of rotatable bonds is 8. The number of aryl methyl sites for hydroxylation is 1. The number of benzene rings is 2. The number of ether oxygens (including phenoxy) is 1. The summed E-state index contributed by atoms with van der Waals surface area (Å²) in [6.45, 7) is 3.68. The number of halogens is 1. The van der Waals surface area contributed by atoms with Gasteiger partial charge in [-0.1, -0.05) is 13.0 Å². The molecule has 0 amide bonds. The van der Waals surface area contributed by atoms with E-state index >= 15 is 0 Å². The van der Waals surface area contributed by atoms with E-state index in [1.165, 1.54) is 14.7 Å². The van der Waals surface area contributed by atoms with Crippen LogP contribution in [0.1, 0.15) is 23.6 Å². The van der Waals surface area contributed by atoms with Gasteiger partial charge in [-0.05, 0) is 88.7 Å². The smallest absolute Gasteiger partial charge is 0.119 e.